The molecule has 0 spiro atoms. The molecule has 0 aliphatic heterocycles. The lowest BCUT2D eigenvalue weighted by Crippen LogP contribution is -2.27. The third-order valence-electron chi connectivity index (χ3n) is 2.74. The molecular weight excluding hydrogens is 196 g/mol. The van der Waals surface area contributed by atoms with Crippen molar-refractivity contribution in [1.29, 1.82) is 0 Å². The van der Waals surface area contributed by atoms with Crippen molar-refractivity contribution < 1.29 is 19.1 Å². The minimum absolute atomic E-state index is 0.107. The summed E-state index contributed by atoms with van der Waals surface area (Å²) in [7, 11) is 2.67. The topological polar surface area (TPSA) is 52.6 Å². The van der Waals surface area contributed by atoms with Crippen LogP contribution in [0.3, 0.4) is 0 Å². The number of rotatable bonds is 6. The van der Waals surface area contributed by atoms with E-state index in [-0.39, 0.29) is 30.2 Å². The summed E-state index contributed by atoms with van der Waals surface area (Å²) in [5.41, 5.74) is 0. The largest absolute Gasteiger partial charge is 0.469 e. The maximum atomic E-state index is 11.5. The molecule has 0 saturated carbocycles. The normalized spacial score (nSPS) is 12.3. The van der Waals surface area contributed by atoms with E-state index in [9.17, 15) is 9.59 Å². The van der Waals surface area contributed by atoms with Gasteiger partial charge in [-0.05, 0) is 5.92 Å². The third kappa shape index (κ3) is 4.32. The standard InChI is InChI=1S/C11H20O4/c1-5-8(6-2)9(11(13)15-4)7-10(12)14-3/h8-9H,5-7H2,1-4H3. The van der Waals surface area contributed by atoms with Gasteiger partial charge in [0.05, 0.1) is 26.6 Å². The second-order valence-corrected chi connectivity index (χ2v) is 3.49. The second kappa shape index (κ2) is 7.26. The van der Waals surface area contributed by atoms with E-state index in [0.717, 1.165) is 12.8 Å². The van der Waals surface area contributed by atoms with Crippen molar-refractivity contribution in [3.8, 4) is 0 Å². The predicted molar refractivity (Wildman–Crippen MR) is 56.2 cm³/mol. The van der Waals surface area contributed by atoms with E-state index in [2.05, 4.69) is 4.74 Å². The summed E-state index contributed by atoms with van der Waals surface area (Å²) in [6.45, 7) is 4.00. The Hall–Kier alpha value is -1.06. The molecule has 0 saturated heterocycles. The molecule has 0 rings (SSSR count). The molecule has 88 valence electrons. The van der Waals surface area contributed by atoms with Gasteiger partial charge in [-0.2, -0.15) is 0 Å². The van der Waals surface area contributed by atoms with E-state index in [1.54, 1.807) is 0 Å². The average Bonchev–Trinajstić information content (AvgIpc) is 2.27. The number of methoxy groups -OCH3 is 2. The highest BCUT2D eigenvalue weighted by molar-refractivity contribution is 5.80. The maximum absolute atomic E-state index is 11.5. The van der Waals surface area contributed by atoms with Crippen LogP contribution in [0, 0.1) is 11.8 Å². The number of carbonyl (C=O) groups is 2. The van der Waals surface area contributed by atoms with Gasteiger partial charge in [0.15, 0.2) is 0 Å². The molecule has 1 unspecified atom stereocenters. The predicted octanol–water partition coefficient (Wildman–Crippen LogP) is 1.77. The lowest BCUT2D eigenvalue weighted by atomic mass is 9.85. The minimum Gasteiger partial charge on any atom is -0.469 e. The Morgan fingerprint density at radius 1 is 1.07 bits per heavy atom. The Kier molecular flexibility index (Phi) is 6.75. The van der Waals surface area contributed by atoms with E-state index in [4.69, 9.17) is 4.74 Å². The van der Waals surface area contributed by atoms with Crippen molar-refractivity contribution in [2.75, 3.05) is 14.2 Å². The SMILES string of the molecule is CCC(CC)C(CC(=O)OC)C(=O)OC. The zero-order valence-electron chi connectivity index (χ0n) is 9.91. The number of hydrogen-bond acceptors (Lipinski definition) is 4. The van der Waals surface area contributed by atoms with E-state index in [1.165, 1.54) is 14.2 Å². The Morgan fingerprint density at radius 2 is 1.60 bits per heavy atom. The van der Waals surface area contributed by atoms with Crippen LogP contribution in [0.1, 0.15) is 33.1 Å². The molecule has 0 aromatic heterocycles. The summed E-state index contributed by atoms with van der Waals surface area (Å²) in [5.74, 6) is -0.889. The van der Waals surface area contributed by atoms with Crippen LogP contribution in [0.5, 0.6) is 0 Å². The molecule has 0 aliphatic carbocycles. The first-order chi connectivity index (χ1) is 7.10. The summed E-state index contributed by atoms with van der Waals surface area (Å²) in [6, 6.07) is 0. The van der Waals surface area contributed by atoms with Gasteiger partial charge >= 0.3 is 11.9 Å². The van der Waals surface area contributed by atoms with Crippen molar-refractivity contribution in [3.05, 3.63) is 0 Å². The first-order valence-corrected chi connectivity index (χ1v) is 5.25. The zero-order chi connectivity index (χ0) is 11.8. The maximum Gasteiger partial charge on any atom is 0.309 e. The van der Waals surface area contributed by atoms with E-state index in [1.807, 2.05) is 13.8 Å². The molecule has 4 nitrogen and oxygen atoms in total. The monoisotopic (exact) mass is 216 g/mol. The molecule has 0 heterocycles. The first-order valence-electron chi connectivity index (χ1n) is 5.25. The first kappa shape index (κ1) is 13.9. The molecule has 0 fully saturated rings. The van der Waals surface area contributed by atoms with Crippen LogP contribution < -0.4 is 0 Å². The lowest BCUT2D eigenvalue weighted by molar-refractivity contribution is -0.154. The molecule has 0 bridgehead atoms. The van der Waals surface area contributed by atoms with Crippen molar-refractivity contribution in [1.82, 2.24) is 0 Å². The Morgan fingerprint density at radius 3 is 1.93 bits per heavy atom. The Balaban J connectivity index is 4.56. The molecule has 0 amide bonds. The fourth-order valence-corrected chi connectivity index (χ4v) is 1.71. The second-order valence-electron chi connectivity index (χ2n) is 3.49. The minimum atomic E-state index is -0.377. The summed E-state index contributed by atoms with van der Waals surface area (Å²) in [5, 5.41) is 0. The van der Waals surface area contributed by atoms with E-state index in [0.29, 0.717) is 0 Å². The van der Waals surface area contributed by atoms with Crippen molar-refractivity contribution in [3.63, 3.8) is 0 Å². The third-order valence-corrected chi connectivity index (χ3v) is 2.74. The highest BCUT2D eigenvalue weighted by Gasteiger charge is 2.29. The van der Waals surface area contributed by atoms with Crippen molar-refractivity contribution >= 4 is 11.9 Å². The fourth-order valence-electron chi connectivity index (χ4n) is 1.71. The molecule has 0 radical (unpaired) electrons. The summed E-state index contributed by atoms with van der Waals surface area (Å²) < 4.78 is 9.26. The quantitative estimate of drug-likeness (QED) is 0.635. The van der Waals surface area contributed by atoms with Crippen LogP contribution in [0.25, 0.3) is 0 Å². The summed E-state index contributed by atoms with van der Waals surface area (Å²) in [4.78, 5) is 22.6. The van der Waals surface area contributed by atoms with Gasteiger partial charge in [0.1, 0.15) is 0 Å². The molecule has 1 atom stereocenters. The Bertz CT molecular complexity index is 209. The van der Waals surface area contributed by atoms with Gasteiger partial charge in [-0.1, -0.05) is 26.7 Å². The fraction of sp³-hybridized carbons (Fsp3) is 0.818. The average molecular weight is 216 g/mol. The van der Waals surface area contributed by atoms with Gasteiger partial charge in [-0.15, -0.1) is 0 Å². The summed E-state index contributed by atoms with van der Waals surface area (Å²) >= 11 is 0. The van der Waals surface area contributed by atoms with Crippen LogP contribution >= 0.6 is 0 Å². The van der Waals surface area contributed by atoms with Crippen LogP contribution in [-0.4, -0.2) is 26.2 Å². The van der Waals surface area contributed by atoms with Gasteiger partial charge in [0.2, 0.25) is 0 Å². The highest BCUT2D eigenvalue weighted by Crippen LogP contribution is 2.24. The molecule has 15 heavy (non-hydrogen) atoms. The Labute approximate surface area is 90.9 Å². The van der Waals surface area contributed by atoms with Crippen LogP contribution in [0.4, 0.5) is 0 Å². The molecule has 0 aromatic carbocycles. The highest BCUT2D eigenvalue weighted by atomic mass is 16.5. The van der Waals surface area contributed by atoms with Crippen LogP contribution in [0.15, 0.2) is 0 Å². The molecule has 0 aliphatic rings. The molecule has 0 aromatic rings. The van der Waals surface area contributed by atoms with Gasteiger partial charge in [0, 0.05) is 0 Å². The van der Waals surface area contributed by atoms with Gasteiger partial charge in [0.25, 0.3) is 0 Å². The molecular formula is C11H20O4. The smallest absolute Gasteiger partial charge is 0.309 e. The number of esters is 2. The summed E-state index contributed by atoms with van der Waals surface area (Å²) in [6.07, 6.45) is 1.82. The van der Waals surface area contributed by atoms with Crippen LogP contribution in [-0.2, 0) is 19.1 Å². The van der Waals surface area contributed by atoms with Crippen molar-refractivity contribution in [2.45, 2.75) is 33.1 Å². The number of ether oxygens (including phenoxy) is 2. The van der Waals surface area contributed by atoms with Gasteiger partial charge < -0.3 is 9.47 Å². The molecule has 4 heteroatoms. The number of hydrogen-bond donors (Lipinski definition) is 0. The number of carbonyl (C=O) groups excluding carboxylic acids is 2. The lowest BCUT2D eigenvalue weighted by Gasteiger charge is -2.21. The van der Waals surface area contributed by atoms with Crippen LogP contribution in [0.2, 0.25) is 0 Å². The zero-order valence-corrected chi connectivity index (χ0v) is 9.91. The van der Waals surface area contributed by atoms with Gasteiger partial charge in [-0.25, -0.2) is 0 Å². The molecule has 0 N–H and O–H groups in total. The van der Waals surface area contributed by atoms with E-state index < -0.39 is 0 Å². The van der Waals surface area contributed by atoms with Crippen molar-refractivity contribution in [2.24, 2.45) is 11.8 Å². The van der Waals surface area contributed by atoms with Gasteiger partial charge in [-0.3, -0.25) is 9.59 Å². The van der Waals surface area contributed by atoms with E-state index >= 15 is 0 Å².